The molecule has 0 bridgehead atoms. The fourth-order valence-electron chi connectivity index (χ4n) is 3.39. The molecule has 1 fully saturated rings. The summed E-state index contributed by atoms with van der Waals surface area (Å²) in [5.41, 5.74) is 1.86. The molecule has 0 radical (unpaired) electrons. The van der Waals surface area contributed by atoms with Crippen LogP contribution in [-0.2, 0) is 0 Å². The molecule has 1 aliphatic heterocycles. The minimum atomic E-state index is -0.320. The zero-order valence-corrected chi connectivity index (χ0v) is 15.0. The minimum Gasteiger partial charge on any atom is -0.356 e. The van der Waals surface area contributed by atoms with E-state index in [9.17, 15) is 4.39 Å². The molecular formula is C19H16Cl2FN3. The molecule has 0 N–H and O–H groups in total. The first kappa shape index (κ1) is 16.6. The molecule has 1 aliphatic rings. The third kappa shape index (κ3) is 3.05. The van der Waals surface area contributed by atoms with Crippen molar-refractivity contribution in [1.29, 1.82) is 0 Å². The summed E-state index contributed by atoms with van der Waals surface area (Å²) in [6.45, 7) is 1.84. The quantitative estimate of drug-likeness (QED) is 0.572. The fourth-order valence-corrected chi connectivity index (χ4v) is 3.69. The van der Waals surface area contributed by atoms with E-state index in [-0.39, 0.29) is 5.82 Å². The summed E-state index contributed by atoms with van der Waals surface area (Å²) in [6.07, 6.45) is 4.99. The Hall–Kier alpha value is -1.91. The number of hydrogen-bond acceptors (Lipinski definition) is 3. The Morgan fingerprint density at radius 1 is 0.920 bits per heavy atom. The number of aromatic nitrogens is 2. The molecule has 6 heteroatoms. The van der Waals surface area contributed by atoms with Gasteiger partial charge in [-0.2, -0.15) is 0 Å². The predicted molar refractivity (Wildman–Crippen MR) is 101 cm³/mol. The van der Waals surface area contributed by atoms with Gasteiger partial charge in [-0.1, -0.05) is 29.3 Å². The van der Waals surface area contributed by atoms with E-state index < -0.39 is 0 Å². The lowest BCUT2D eigenvalue weighted by molar-refractivity contribution is 0.574. The molecule has 0 saturated carbocycles. The van der Waals surface area contributed by atoms with Gasteiger partial charge in [0, 0.05) is 18.7 Å². The summed E-state index contributed by atoms with van der Waals surface area (Å²) in [4.78, 5) is 11.0. The monoisotopic (exact) mass is 375 g/mol. The molecule has 128 valence electrons. The van der Waals surface area contributed by atoms with Crippen LogP contribution in [0.15, 0.2) is 36.7 Å². The van der Waals surface area contributed by atoms with Gasteiger partial charge in [-0.3, -0.25) is 0 Å². The lowest BCUT2D eigenvalue weighted by Crippen LogP contribution is -2.30. The van der Waals surface area contributed by atoms with E-state index in [1.165, 1.54) is 12.5 Å². The van der Waals surface area contributed by atoms with Crippen LogP contribution in [0.2, 0.25) is 10.0 Å². The summed E-state index contributed by atoms with van der Waals surface area (Å²) >= 11 is 12.2. The molecule has 0 unspecified atom stereocenters. The number of hydrogen-bond donors (Lipinski definition) is 0. The molecule has 0 atom stereocenters. The zero-order chi connectivity index (χ0) is 17.4. The molecule has 0 amide bonds. The van der Waals surface area contributed by atoms with Crippen molar-refractivity contribution in [3.8, 4) is 11.1 Å². The van der Waals surface area contributed by atoms with Crippen LogP contribution in [0.5, 0.6) is 0 Å². The van der Waals surface area contributed by atoms with Crippen molar-refractivity contribution in [2.45, 2.75) is 19.3 Å². The number of fused-ring (bicyclic) bond motifs is 1. The number of nitrogens with zero attached hydrogens (tertiary/aromatic N) is 3. The number of anilines is 1. The van der Waals surface area contributed by atoms with Gasteiger partial charge in [0.05, 0.1) is 20.9 Å². The smallest absolute Gasteiger partial charge is 0.140 e. The van der Waals surface area contributed by atoms with E-state index in [0.29, 0.717) is 21.2 Å². The van der Waals surface area contributed by atoms with Crippen LogP contribution < -0.4 is 4.90 Å². The molecule has 25 heavy (non-hydrogen) atoms. The van der Waals surface area contributed by atoms with Crippen LogP contribution in [0.4, 0.5) is 10.2 Å². The van der Waals surface area contributed by atoms with Gasteiger partial charge in [0.15, 0.2) is 0 Å². The average Bonchev–Trinajstić information content (AvgIpc) is 2.64. The van der Waals surface area contributed by atoms with Crippen molar-refractivity contribution in [3.63, 3.8) is 0 Å². The Morgan fingerprint density at radius 2 is 1.72 bits per heavy atom. The first-order valence-electron chi connectivity index (χ1n) is 8.29. The van der Waals surface area contributed by atoms with Crippen molar-refractivity contribution >= 4 is 39.9 Å². The fraction of sp³-hybridized carbons (Fsp3) is 0.263. The van der Waals surface area contributed by atoms with Gasteiger partial charge in [0.2, 0.25) is 0 Å². The van der Waals surface area contributed by atoms with Gasteiger partial charge < -0.3 is 4.90 Å². The molecule has 2 heterocycles. The first-order valence-corrected chi connectivity index (χ1v) is 9.04. The summed E-state index contributed by atoms with van der Waals surface area (Å²) in [6, 6.07) is 8.28. The van der Waals surface area contributed by atoms with Crippen molar-refractivity contribution in [3.05, 3.63) is 52.5 Å². The second-order valence-corrected chi connectivity index (χ2v) is 7.00. The maximum atomic E-state index is 14.8. The first-order chi connectivity index (χ1) is 12.1. The van der Waals surface area contributed by atoms with E-state index >= 15 is 0 Å². The highest BCUT2D eigenvalue weighted by Gasteiger charge is 2.21. The van der Waals surface area contributed by atoms with Gasteiger partial charge in [0.25, 0.3) is 0 Å². The molecule has 1 aromatic heterocycles. The molecule has 2 aromatic carbocycles. The standard InChI is InChI=1S/C19H16Cl2FN3/c20-13-5-4-12(10-14(13)21)17-15(22)6-7-16-18(17)19(24-11-23-16)25-8-2-1-3-9-25/h4-7,10-11H,1-3,8-9H2. The van der Waals surface area contributed by atoms with Crippen LogP contribution >= 0.6 is 23.2 Å². The Morgan fingerprint density at radius 3 is 2.48 bits per heavy atom. The number of halogens is 3. The van der Waals surface area contributed by atoms with Crippen LogP contribution in [-0.4, -0.2) is 23.1 Å². The van der Waals surface area contributed by atoms with Gasteiger partial charge in [0.1, 0.15) is 18.0 Å². The number of piperidine rings is 1. The van der Waals surface area contributed by atoms with E-state index in [0.717, 1.165) is 42.7 Å². The van der Waals surface area contributed by atoms with E-state index in [1.54, 1.807) is 30.6 Å². The van der Waals surface area contributed by atoms with Crippen LogP contribution in [0, 0.1) is 5.82 Å². The average molecular weight is 376 g/mol. The van der Waals surface area contributed by atoms with E-state index in [1.807, 2.05) is 0 Å². The van der Waals surface area contributed by atoms with Crippen molar-refractivity contribution in [2.24, 2.45) is 0 Å². The van der Waals surface area contributed by atoms with Gasteiger partial charge in [-0.15, -0.1) is 0 Å². The highest BCUT2D eigenvalue weighted by atomic mass is 35.5. The Labute approximate surface area is 155 Å². The van der Waals surface area contributed by atoms with Crippen LogP contribution in [0.25, 0.3) is 22.0 Å². The third-order valence-corrected chi connectivity index (χ3v) is 5.34. The molecular weight excluding hydrogens is 360 g/mol. The lowest BCUT2D eigenvalue weighted by Gasteiger charge is -2.29. The van der Waals surface area contributed by atoms with Crippen LogP contribution in [0.3, 0.4) is 0 Å². The summed E-state index contributed by atoms with van der Waals surface area (Å²) < 4.78 is 14.8. The Bertz CT molecular complexity index is 939. The zero-order valence-electron chi connectivity index (χ0n) is 13.5. The molecule has 0 aliphatic carbocycles. The SMILES string of the molecule is Fc1ccc2ncnc(N3CCCCC3)c2c1-c1ccc(Cl)c(Cl)c1. The molecule has 3 nitrogen and oxygen atoms in total. The highest BCUT2D eigenvalue weighted by molar-refractivity contribution is 6.42. The van der Waals surface area contributed by atoms with E-state index in [2.05, 4.69) is 14.9 Å². The van der Waals surface area contributed by atoms with Crippen LogP contribution in [0.1, 0.15) is 19.3 Å². The topological polar surface area (TPSA) is 29.0 Å². The summed E-state index contributed by atoms with van der Waals surface area (Å²) in [5, 5.41) is 1.56. The van der Waals surface area contributed by atoms with Gasteiger partial charge in [-0.05, 0) is 49.1 Å². The molecule has 3 aromatic rings. The number of benzene rings is 2. The predicted octanol–water partition coefficient (Wildman–Crippen LogP) is 5.73. The molecule has 1 saturated heterocycles. The summed E-state index contributed by atoms with van der Waals surface area (Å²) in [5.74, 6) is 0.462. The largest absolute Gasteiger partial charge is 0.356 e. The van der Waals surface area contributed by atoms with Gasteiger partial charge in [-0.25, -0.2) is 14.4 Å². The van der Waals surface area contributed by atoms with Crippen molar-refractivity contribution in [2.75, 3.05) is 18.0 Å². The maximum Gasteiger partial charge on any atom is 0.140 e. The second kappa shape index (κ2) is 6.77. The van der Waals surface area contributed by atoms with Crippen molar-refractivity contribution in [1.82, 2.24) is 9.97 Å². The van der Waals surface area contributed by atoms with Crippen molar-refractivity contribution < 1.29 is 4.39 Å². The summed E-state index contributed by atoms with van der Waals surface area (Å²) in [7, 11) is 0. The van der Waals surface area contributed by atoms with Gasteiger partial charge >= 0.3 is 0 Å². The lowest BCUT2D eigenvalue weighted by atomic mass is 9.99. The molecule has 4 rings (SSSR count). The maximum absolute atomic E-state index is 14.8. The second-order valence-electron chi connectivity index (χ2n) is 6.19. The highest BCUT2D eigenvalue weighted by Crippen LogP contribution is 2.38. The normalized spacial score (nSPS) is 14.9. The third-order valence-electron chi connectivity index (χ3n) is 4.60. The minimum absolute atomic E-state index is 0.320. The Balaban J connectivity index is 1.99. The molecule has 0 spiro atoms. The van der Waals surface area contributed by atoms with E-state index in [4.69, 9.17) is 23.2 Å². The Kier molecular flexibility index (Phi) is 4.48. The number of rotatable bonds is 2.